The van der Waals surface area contributed by atoms with Gasteiger partial charge in [0.1, 0.15) is 0 Å². The molecule has 0 spiro atoms. The fourth-order valence-electron chi connectivity index (χ4n) is 4.23. The van der Waals surface area contributed by atoms with Crippen LogP contribution >= 0.6 is 24.8 Å². The van der Waals surface area contributed by atoms with Crippen LogP contribution < -0.4 is 0 Å². The van der Waals surface area contributed by atoms with Crippen molar-refractivity contribution in [2.45, 2.75) is 26.9 Å². The fraction of sp³-hybridized carbons (Fsp3) is 0.133. The van der Waals surface area contributed by atoms with Crippen molar-refractivity contribution in [3.63, 3.8) is 0 Å². The monoisotopic (exact) mass is 536 g/mol. The molecule has 0 N–H and O–H groups in total. The van der Waals surface area contributed by atoms with Gasteiger partial charge in [-0.2, -0.15) is 12.1 Å². The summed E-state index contributed by atoms with van der Waals surface area (Å²) in [5.74, 6) is 0. The topological polar surface area (TPSA) is 0 Å². The van der Waals surface area contributed by atoms with Gasteiger partial charge in [-0.05, 0) is 10.8 Å². The third kappa shape index (κ3) is 6.62. The maximum absolute atomic E-state index is 2.27. The van der Waals surface area contributed by atoms with Gasteiger partial charge in [0.05, 0.1) is 0 Å². The van der Waals surface area contributed by atoms with Gasteiger partial charge in [0.15, 0.2) is 0 Å². The molecule has 0 amide bonds. The molecule has 0 radical (unpaired) electrons. The van der Waals surface area contributed by atoms with E-state index < -0.39 is 0 Å². The fourth-order valence-corrected chi connectivity index (χ4v) is 4.23. The molecule has 0 fully saturated rings. The van der Waals surface area contributed by atoms with E-state index in [1.165, 1.54) is 54.2 Å². The molecule has 6 aromatic rings. The van der Waals surface area contributed by atoms with Crippen molar-refractivity contribution in [1.29, 1.82) is 0 Å². The molecule has 0 saturated heterocycles. The standard InChI is InChI=1S/2C14H11.C2H6Si.2ClH.Ti/c2*1-10-8-12-7-6-11-4-2-3-5-13(11)14(12)9-10;1-3-2;;;/h2*2-9H,1H3;1-2H3;2*1H;/q2*-1;;;;+2. The minimum Gasteiger partial charge on any atom is -0.165 e. The Kier molecular flexibility index (Phi) is 10.6. The molecule has 0 nitrogen and oxygen atoms in total. The first kappa shape index (κ1) is 28.4. The van der Waals surface area contributed by atoms with E-state index >= 15 is 0 Å². The molecule has 172 valence electrons. The van der Waals surface area contributed by atoms with E-state index in [4.69, 9.17) is 0 Å². The number of fused-ring (bicyclic) bond motifs is 6. The van der Waals surface area contributed by atoms with Crippen LogP contribution in [0.2, 0.25) is 13.1 Å². The van der Waals surface area contributed by atoms with Crippen LogP contribution in [-0.4, -0.2) is 6.19 Å². The second-order valence-corrected chi connectivity index (χ2v) is 15.3. The summed E-state index contributed by atoms with van der Waals surface area (Å²) < 4.78 is 0. The van der Waals surface area contributed by atoms with Gasteiger partial charge in [-0.3, -0.25) is 0 Å². The summed E-state index contributed by atoms with van der Waals surface area (Å²) in [5.41, 5.74) is 2.69. The predicted octanol–water partition coefficient (Wildman–Crippen LogP) is 9.67. The SMILES string of the molecule is C[Si](C)=[Ti+2].Cc1cc2c(ccc3ccccc32)[cH-]1.Cc1cc2c(ccc3ccccc32)[cH-]1.Cl.Cl. The Morgan fingerprint density at radius 3 is 1.29 bits per heavy atom. The van der Waals surface area contributed by atoms with Crippen molar-refractivity contribution >= 4 is 74.1 Å². The van der Waals surface area contributed by atoms with Crippen LogP contribution in [0.3, 0.4) is 0 Å². The Labute approximate surface area is 227 Å². The van der Waals surface area contributed by atoms with Gasteiger partial charge in [0.25, 0.3) is 0 Å². The van der Waals surface area contributed by atoms with E-state index in [0.717, 1.165) is 0 Å². The molecule has 4 heteroatoms. The zero-order valence-corrected chi connectivity index (χ0v) is 24.2. The molecule has 6 aromatic carbocycles. The molecular formula is C30H30Cl2SiTi. The summed E-state index contributed by atoms with van der Waals surface area (Å²) in [7, 11) is 0. The molecule has 0 heterocycles. The summed E-state index contributed by atoms with van der Waals surface area (Å²) >= 11 is 2.27. The average molecular weight is 537 g/mol. The molecule has 34 heavy (non-hydrogen) atoms. The minimum atomic E-state index is 0. The van der Waals surface area contributed by atoms with Crippen molar-refractivity contribution in [1.82, 2.24) is 0 Å². The Hall–Kier alpha value is -1.87. The maximum Gasteiger partial charge on any atom is -0.0370 e. The van der Waals surface area contributed by atoms with Gasteiger partial charge in [0.2, 0.25) is 0 Å². The average Bonchev–Trinajstić information content (AvgIpc) is 3.35. The van der Waals surface area contributed by atoms with Crippen molar-refractivity contribution in [2.24, 2.45) is 0 Å². The van der Waals surface area contributed by atoms with Gasteiger partial charge in [-0.15, -0.1) is 81.8 Å². The van der Waals surface area contributed by atoms with E-state index in [1.807, 2.05) is 0 Å². The first-order valence-electron chi connectivity index (χ1n) is 11.0. The largest absolute Gasteiger partial charge is 0.165 e. The minimum absolute atomic E-state index is 0. The predicted molar refractivity (Wildman–Crippen MR) is 156 cm³/mol. The summed E-state index contributed by atoms with van der Waals surface area (Å²) in [6, 6.07) is 34.9. The molecular weight excluding hydrogens is 507 g/mol. The third-order valence-corrected chi connectivity index (χ3v) is 5.52. The van der Waals surface area contributed by atoms with Gasteiger partial charge in [0, 0.05) is 0 Å². The molecule has 0 aromatic heterocycles. The van der Waals surface area contributed by atoms with Crippen molar-refractivity contribution in [3.05, 3.63) is 108 Å². The van der Waals surface area contributed by atoms with Crippen LogP contribution in [-0.2, 0) is 19.2 Å². The summed E-state index contributed by atoms with van der Waals surface area (Å²) in [5, 5.41) is 10.8. The summed E-state index contributed by atoms with van der Waals surface area (Å²) in [6.07, 6.45) is 0.120. The van der Waals surface area contributed by atoms with Gasteiger partial charge in [-0.1, -0.05) is 85.3 Å². The number of benzene rings is 4. The number of hydrogen-bond acceptors (Lipinski definition) is 0. The normalized spacial score (nSPS) is 10.1. The van der Waals surface area contributed by atoms with E-state index in [9.17, 15) is 0 Å². The zero-order chi connectivity index (χ0) is 22.7. The molecule has 0 unspecified atom stereocenters. The molecule has 0 aliphatic heterocycles. The zero-order valence-electron chi connectivity index (χ0n) is 20.1. The van der Waals surface area contributed by atoms with Crippen LogP contribution in [0.25, 0.3) is 43.1 Å². The summed E-state index contributed by atoms with van der Waals surface area (Å²) in [6.45, 7) is 8.83. The Bertz CT molecular complexity index is 1430. The smallest absolute Gasteiger partial charge is 0.0370 e. The number of halogens is 2. The first-order chi connectivity index (χ1) is 15.4. The van der Waals surface area contributed by atoms with E-state index in [2.05, 4.69) is 143 Å². The van der Waals surface area contributed by atoms with E-state index in [-0.39, 0.29) is 31.0 Å². The molecule has 0 bridgehead atoms. The van der Waals surface area contributed by atoms with E-state index in [0.29, 0.717) is 0 Å². The Morgan fingerprint density at radius 1 is 0.559 bits per heavy atom. The van der Waals surface area contributed by atoms with Crippen LogP contribution in [0.1, 0.15) is 11.1 Å². The van der Waals surface area contributed by atoms with Crippen molar-refractivity contribution in [2.75, 3.05) is 0 Å². The second kappa shape index (κ2) is 12.7. The number of aryl methyl sites for hydroxylation is 2. The van der Waals surface area contributed by atoms with Crippen LogP contribution in [0.5, 0.6) is 0 Å². The quantitative estimate of drug-likeness (QED) is 0.134. The maximum atomic E-state index is 2.27. The van der Waals surface area contributed by atoms with E-state index in [1.54, 1.807) is 0 Å². The van der Waals surface area contributed by atoms with Gasteiger partial charge >= 0.3 is 38.5 Å². The van der Waals surface area contributed by atoms with Crippen molar-refractivity contribution < 1.29 is 19.2 Å². The van der Waals surface area contributed by atoms with Crippen LogP contribution in [0, 0.1) is 13.8 Å². The molecule has 6 rings (SSSR count). The van der Waals surface area contributed by atoms with Crippen LogP contribution in [0.4, 0.5) is 0 Å². The van der Waals surface area contributed by atoms with Crippen LogP contribution in [0.15, 0.2) is 97.1 Å². The Balaban J connectivity index is 0.000000198. The number of rotatable bonds is 0. The molecule has 0 atom stereocenters. The molecule has 0 saturated carbocycles. The van der Waals surface area contributed by atoms with Gasteiger partial charge < -0.3 is 0 Å². The van der Waals surface area contributed by atoms with Gasteiger partial charge in [-0.25, -0.2) is 0 Å². The molecule has 0 aliphatic rings. The number of hydrogen-bond donors (Lipinski definition) is 0. The van der Waals surface area contributed by atoms with Crippen molar-refractivity contribution in [3.8, 4) is 0 Å². The molecule has 0 aliphatic carbocycles. The summed E-state index contributed by atoms with van der Waals surface area (Å²) in [4.78, 5) is 0. The second-order valence-electron chi connectivity index (χ2n) is 8.64. The first-order valence-corrected chi connectivity index (χ1v) is 15.9. The Morgan fingerprint density at radius 2 is 0.912 bits per heavy atom. The third-order valence-electron chi connectivity index (χ3n) is 5.52.